The van der Waals surface area contributed by atoms with Crippen LogP contribution in [-0.4, -0.2) is 62.7 Å². The van der Waals surface area contributed by atoms with Gasteiger partial charge in [-0.25, -0.2) is 0 Å². The van der Waals surface area contributed by atoms with Crippen molar-refractivity contribution < 1.29 is 18.6 Å². The van der Waals surface area contributed by atoms with E-state index in [2.05, 4.69) is 28.1 Å². The van der Waals surface area contributed by atoms with Crippen LogP contribution in [0.1, 0.15) is 39.6 Å². The third-order valence-corrected chi connectivity index (χ3v) is 9.44. The average molecular weight is 476 g/mol. The Hall–Kier alpha value is -1.88. The van der Waals surface area contributed by atoms with E-state index >= 15 is 0 Å². The first-order valence-corrected chi connectivity index (χ1v) is 13.7. The van der Waals surface area contributed by atoms with E-state index in [9.17, 15) is 13.9 Å². The Labute approximate surface area is 192 Å². The van der Waals surface area contributed by atoms with Gasteiger partial charge < -0.3 is 15.5 Å². The van der Waals surface area contributed by atoms with E-state index in [0.717, 1.165) is 72.6 Å². The SMILES string of the molecule is NC(=O)c1cc(-c2ccc(CN3CCOCC3)s2)cc2c(C3CCS(O)(O)CC3)c[nH]c12. The van der Waals surface area contributed by atoms with Crippen molar-refractivity contribution in [2.45, 2.75) is 25.3 Å². The highest BCUT2D eigenvalue weighted by atomic mass is 32.3. The smallest absolute Gasteiger partial charge is 0.250 e. The second-order valence-corrected chi connectivity index (χ2v) is 12.3. The monoisotopic (exact) mass is 475 g/mol. The number of thiophene rings is 1. The number of benzene rings is 1. The van der Waals surface area contributed by atoms with Crippen molar-refractivity contribution in [2.24, 2.45) is 5.73 Å². The van der Waals surface area contributed by atoms with Crippen LogP contribution in [0.2, 0.25) is 0 Å². The minimum absolute atomic E-state index is 0.236. The van der Waals surface area contributed by atoms with Crippen molar-refractivity contribution in [3.05, 3.63) is 46.5 Å². The molecule has 2 aliphatic rings. The molecule has 0 unspecified atom stereocenters. The second kappa shape index (κ2) is 8.81. The lowest BCUT2D eigenvalue weighted by molar-refractivity contribution is 0.0346. The number of aromatic amines is 1. The summed E-state index contributed by atoms with van der Waals surface area (Å²) in [5.74, 6) is 0.651. The number of rotatable bonds is 5. The maximum atomic E-state index is 12.3. The first-order valence-electron chi connectivity index (χ1n) is 11.0. The van der Waals surface area contributed by atoms with Crippen LogP contribution in [0.3, 0.4) is 0 Å². The number of aromatic nitrogens is 1. The quantitative estimate of drug-likeness (QED) is 0.435. The van der Waals surface area contributed by atoms with Gasteiger partial charge in [0, 0.05) is 52.5 Å². The van der Waals surface area contributed by atoms with Crippen LogP contribution in [0.4, 0.5) is 0 Å². The topological polar surface area (TPSA) is 112 Å². The number of nitrogens with zero attached hydrogens (tertiary/aromatic N) is 1. The molecule has 3 aromatic rings. The summed E-state index contributed by atoms with van der Waals surface area (Å²) in [7, 11) is -2.44. The van der Waals surface area contributed by atoms with Gasteiger partial charge in [0.25, 0.3) is 5.91 Å². The zero-order chi connectivity index (χ0) is 22.3. The van der Waals surface area contributed by atoms with Crippen molar-refractivity contribution in [3.63, 3.8) is 0 Å². The summed E-state index contributed by atoms with van der Waals surface area (Å²) in [6, 6.07) is 8.31. The fraction of sp³-hybridized carbons (Fsp3) is 0.435. The zero-order valence-electron chi connectivity index (χ0n) is 17.9. The molecule has 5 N–H and O–H groups in total. The Bertz CT molecular complexity index is 1120. The van der Waals surface area contributed by atoms with Gasteiger partial charge in [0.1, 0.15) is 0 Å². The number of carbonyl (C=O) groups excluding carboxylic acids is 1. The van der Waals surface area contributed by atoms with Crippen molar-refractivity contribution in [1.82, 2.24) is 9.88 Å². The summed E-state index contributed by atoms with van der Waals surface area (Å²) in [5.41, 5.74) is 9.12. The number of fused-ring (bicyclic) bond motifs is 1. The molecule has 2 fully saturated rings. The second-order valence-electron chi connectivity index (χ2n) is 8.69. The molecule has 5 rings (SSSR count). The zero-order valence-corrected chi connectivity index (χ0v) is 19.5. The first-order chi connectivity index (χ1) is 15.4. The van der Waals surface area contributed by atoms with E-state index in [1.165, 1.54) is 4.88 Å². The number of nitrogens with two attached hydrogens (primary N) is 1. The van der Waals surface area contributed by atoms with Crippen LogP contribution in [-0.2, 0) is 11.3 Å². The molecule has 1 amide bonds. The predicted molar refractivity (Wildman–Crippen MR) is 131 cm³/mol. The van der Waals surface area contributed by atoms with Crippen LogP contribution < -0.4 is 5.73 Å². The van der Waals surface area contributed by atoms with Crippen LogP contribution in [0, 0.1) is 0 Å². The number of H-pyrrole nitrogens is 1. The van der Waals surface area contributed by atoms with Crippen LogP contribution in [0.25, 0.3) is 21.3 Å². The molecule has 2 aliphatic heterocycles. The third kappa shape index (κ3) is 4.46. The standard InChI is InChI=1S/C23H29N3O4S2/c24-23(27)19-12-16(21-2-1-17(31-21)14-26-5-7-30-8-6-26)11-18-20(13-25-22(18)19)15-3-9-32(28,29)10-4-15/h1-2,11-13,15,25,28-29H,3-10,14H2,(H2,24,27). The summed E-state index contributed by atoms with van der Waals surface area (Å²) in [5, 5.41) is 1.00. The highest BCUT2D eigenvalue weighted by molar-refractivity contribution is 8.24. The van der Waals surface area contributed by atoms with Gasteiger partial charge in [0.2, 0.25) is 0 Å². The summed E-state index contributed by atoms with van der Waals surface area (Å²) in [4.78, 5) is 20.3. The number of hydrogen-bond donors (Lipinski definition) is 4. The fourth-order valence-electron chi connectivity index (χ4n) is 4.74. The van der Waals surface area contributed by atoms with Crippen molar-refractivity contribution >= 4 is 38.7 Å². The molecule has 32 heavy (non-hydrogen) atoms. The number of primary amides is 1. The summed E-state index contributed by atoms with van der Waals surface area (Å²) in [6.07, 6.45) is 3.42. The molecule has 0 spiro atoms. The van der Waals surface area contributed by atoms with E-state index in [-0.39, 0.29) is 5.92 Å². The Kier molecular flexibility index (Phi) is 6.04. The summed E-state index contributed by atoms with van der Waals surface area (Å²) < 4.78 is 25.4. The van der Waals surface area contributed by atoms with Crippen molar-refractivity contribution in [1.29, 1.82) is 0 Å². The van der Waals surface area contributed by atoms with Gasteiger partial charge in [-0.2, -0.15) is 10.6 Å². The molecule has 4 heterocycles. The van der Waals surface area contributed by atoms with Gasteiger partial charge in [0.15, 0.2) is 0 Å². The molecular weight excluding hydrogens is 446 g/mol. The minimum Gasteiger partial charge on any atom is -0.379 e. The molecule has 172 valence electrons. The maximum Gasteiger partial charge on any atom is 0.250 e. The van der Waals surface area contributed by atoms with Crippen LogP contribution >= 0.6 is 21.9 Å². The number of amides is 1. The lowest BCUT2D eigenvalue weighted by atomic mass is 9.91. The molecular formula is C23H29N3O4S2. The molecule has 0 saturated carbocycles. The van der Waals surface area contributed by atoms with E-state index in [4.69, 9.17) is 10.5 Å². The number of nitrogens with one attached hydrogen (secondary N) is 1. The molecule has 7 nitrogen and oxygen atoms in total. The third-order valence-electron chi connectivity index (χ3n) is 6.54. The van der Waals surface area contributed by atoms with E-state index < -0.39 is 16.5 Å². The Balaban J connectivity index is 1.48. The first kappa shape index (κ1) is 21.9. The average Bonchev–Trinajstić information content (AvgIpc) is 3.41. The van der Waals surface area contributed by atoms with E-state index in [1.54, 1.807) is 11.3 Å². The predicted octanol–water partition coefficient (Wildman–Crippen LogP) is 4.46. The van der Waals surface area contributed by atoms with Crippen molar-refractivity contribution in [2.75, 3.05) is 37.8 Å². The number of ether oxygens (including phenoxy) is 1. The van der Waals surface area contributed by atoms with Gasteiger partial charge in [0.05, 0.1) is 24.3 Å². The molecule has 2 aromatic heterocycles. The van der Waals surface area contributed by atoms with Crippen LogP contribution in [0.15, 0.2) is 30.5 Å². The lowest BCUT2D eigenvalue weighted by Gasteiger charge is -2.39. The van der Waals surface area contributed by atoms with E-state index in [1.807, 2.05) is 12.3 Å². The van der Waals surface area contributed by atoms with Crippen molar-refractivity contribution in [3.8, 4) is 10.4 Å². The fourth-order valence-corrected chi connectivity index (χ4v) is 7.31. The maximum absolute atomic E-state index is 12.3. The molecule has 0 aliphatic carbocycles. The number of carbonyl (C=O) groups is 1. The molecule has 0 radical (unpaired) electrons. The van der Waals surface area contributed by atoms with Gasteiger partial charge in [-0.15, -0.1) is 11.3 Å². The van der Waals surface area contributed by atoms with Gasteiger partial charge in [-0.05, 0) is 54.2 Å². The molecule has 0 atom stereocenters. The highest BCUT2D eigenvalue weighted by Gasteiger charge is 2.27. The molecule has 2 saturated heterocycles. The number of hydrogen-bond acceptors (Lipinski definition) is 6. The van der Waals surface area contributed by atoms with E-state index in [0.29, 0.717) is 17.1 Å². The Morgan fingerprint density at radius 2 is 1.97 bits per heavy atom. The van der Waals surface area contributed by atoms with Crippen LogP contribution in [0.5, 0.6) is 0 Å². The summed E-state index contributed by atoms with van der Waals surface area (Å²) in [6.45, 7) is 4.36. The highest BCUT2D eigenvalue weighted by Crippen LogP contribution is 2.49. The normalized spacial score (nSPS) is 21.1. The van der Waals surface area contributed by atoms with Gasteiger partial charge >= 0.3 is 0 Å². The number of morpholine rings is 1. The van der Waals surface area contributed by atoms with Gasteiger partial charge in [-0.3, -0.25) is 18.8 Å². The lowest BCUT2D eigenvalue weighted by Crippen LogP contribution is -2.35. The van der Waals surface area contributed by atoms with Gasteiger partial charge in [-0.1, -0.05) is 0 Å². The summed E-state index contributed by atoms with van der Waals surface area (Å²) >= 11 is 1.74. The molecule has 1 aromatic carbocycles. The Morgan fingerprint density at radius 3 is 2.69 bits per heavy atom. The molecule has 0 bridgehead atoms. The largest absolute Gasteiger partial charge is 0.379 e. The molecule has 9 heteroatoms. The Morgan fingerprint density at radius 1 is 1.22 bits per heavy atom. The minimum atomic E-state index is -2.44.